The van der Waals surface area contributed by atoms with Gasteiger partial charge in [0.2, 0.25) is 0 Å². The molecule has 2 rings (SSSR count). The number of carbonyl (C=O) groups excluding carboxylic acids is 1. The Morgan fingerprint density at radius 1 is 1.43 bits per heavy atom. The van der Waals surface area contributed by atoms with Gasteiger partial charge in [-0.05, 0) is 30.7 Å². The highest BCUT2D eigenvalue weighted by Crippen LogP contribution is 2.33. The highest BCUT2D eigenvalue weighted by Gasteiger charge is 2.28. The zero-order chi connectivity index (χ0) is 15.4. The maximum Gasteiger partial charge on any atom is 0.270 e. The molecule has 1 saturated carbocycles. The molecule has 1 aliphatic carbocycles. The number of ketones is 1. The smallest absolute Gasteiger partial charge is 0.270 e. The number of nitro groups is 1. The van der Waals surface area contributed by atoms with Gasteiger partial charge < -0.3 is 0 Å². The van der Waals surface area contributed by atoms with Crippen LogP contribution in [0.3, 0.4) is 0 Å². The topological polar surface area (TPSA) is 60.2 Å². The van der Waals surface area contributed by atoms with Gasteiger partial charge in [0.25, 0.3) is 5.69 Å². The number of hydrogen-bond donors (Lipinski definition) is 0. The molecule has 1 aromatic rings. The van der Waals surface area contributed by atoms with Crippen molar-refractivity contribution in [3.05, 3.63) is 38.9 Å². The molecule has 0 spiro atoms. The molecule has 1 fully saturated rings. The minimum atomic E-state index is -0.460. The lowest BCUT2D eigenvalue weighted by atomic mass is 9.76. The van der Waals surface area contributed by atoms with Crippen molar-refractivity contribution in [1.29, 1.82) is 0 Å². The molecule has 2 unspecified atom stereocenters. The van der Waals surface area contributed by atoms with E-state index < -0.39 is 4.92 Å². The molecule has 0 radical (unpaired) electrons. The summed E-state index contributed by atoms with van der Waals surface area (Å²) in [4.78, 5) is 22.3. The van der Waals surface area contributed by atoms with E-state index in [-0.39, 0.29) is 11.6 Å². The van der Waals surface area contributed by atoms with Crippen LogP contribution in [-0.2, 0) is 11.2 Å². The monoisotopic (exact) mass is 309 g/mol. The van der Waals surface area contributed by atoms with Gasteiger partial charge in [0, 0.05) is 24.5 Å². The lowest BCUT2D eigenvalue weighted by molar-refractivity contribution is -0.384. The number of rotatable bonds is 5. The van der Waals surface area contributed by atoms with Crippen molar-refractivity contribution in [3.8, 4) is 0 Å². The zero-order valence-electron chi connectivity index (χ0n) is 12.2. The van der Waals surface area contributed by atoms with Crippen LogP contribution in [0.1, 0.15) is 44.6 Å². The van der Waals surface area contributed by atoms with Crippen LogP contribution in [-0.4, -0.2) is 10.7 Å². The first-order valence-corrected chi connectivity index (χ1v) is 7.84. The Labute approximate surface area is 129 Å². The van der Waals surface area contributed by atoms with Gasteiger partial charge >= 0.3 is 0 Å². The molecule has 0 aromatic heterocycles. The Bertz CT molecular complexity index is 544. The molecule has 114 valence electrons. The van der Waals surface area contributed by atoms with Crippen molar-refractivity contribution in [2.45, 2.75) is 45.4 Å². The van der Waals surface area contributed by atoms with E-state index in [1.165, 1.54) is 12.1 Å². The maximum atomic E-state index is 12.1. The average Bonchev–Trinajstić information content (AvgIpc) is 2.44. The van der Waals surface area contributed by atoms with Gasteiger partial charge in [-0.1, -0.05) is 37.4 Å². The second-order valence-corrected chi connectivity index (χ2v) is 6.24. The molecule has 1 aliphatic rings. The normalized spacial score (nSPS) is 22.3. The van der Waals surface area contributed by atoms with Gasteiger partial charge in [-0.2, -0.15) is 0 Å². The van der Waals surface area contributed by atoms with Crippen LogP contribution < -0.4 is 0 Å². The van der Waals surface area contributed by atoms with Gasteiger partial charge in [-0.25, -0.2) is 0 Å². The molecule has 0 bridgehead atoms. The van der Waals surface area contributed by atoms with Crippen LogP contribution in [0.2, 0.25) is 5.02 Å². The number of carbonyl (C=O) groups is 1. The predicted molar refractivity (Wildman–Crippen MR) is 82.6 cm³/mol. The number of hydrogen-bond acceptors (Lipinski definition) is 3. The number of benzene rings is 1. The van der Waals surface area contributed by atoms with Crippen molar-refractivity contribution in [3.63, 3.8) is 0 Å². The largest absolute Gasteiger partial charge is 0.299 e. The van der Waals surface area contributed by atoms with Crippen LogP contribution in [0, 0.1) is 22.0 Å². The minimum absolute atomic E-state index is 0.00857. The molecule has 0 N–H and O–H groups in total. The van der Waals surface area contributed by atoms with Crippen LogP contribution >= 0.6 is 11.6 Å². The van der Waals surface area contributed by atoms with Crippen LogP contribution in [0.4, 0.5) is 5.69 Å². The van der Waals surface area contributed by atoms with Gasteiger partial charge in [0.15, 0.2) is 0 Å². The fourth-order valence-corrected chi connectivity index (χ4v) is 3.40. The van der Waals surface area contributed by atoms with Crippen molar-refractivity contribution >= 4 is 23.1 Å². The Kier molecular flexibility index (Phi) is 5.34. The van der Waals surface area contributed by atoms with Crippen LogP contribution in [0.15, 0.2) is 18.2 Å². The lowest BCUT2D eigenvalue weighted by Crippen LogP contribution is -2.26. The van der Waals surface area contributed by atoms with Crippen molar-refractivity contribution < 1.29 is 9.72 Å². The Hall–Kier alpha value is -1.42. The summed E-state index contributed by atoms with van der Waals surface area (Å²) in [6.45, 7) is 2.17. The fourth-order valence-electron chi connectivity index (χ4n) is 3.15. The first-order chi connectivity index (χ1) is 10.0. The summed E-state index contributed by atoms with van der Waals surface area (Å²) in [5, 5.41) is 11.1. The molecular weight excluding hydrogens is 290 g/mol. The molecule has 1 aromatic carbocycles. The number of non-ortho nitro benzene ring substituents is 1. The van der Waals surface area contributed by atoms with E-state index in [4.69, 9.17) is 11.6 Å². The van der Waals surface area contributed by atoms with Crippen LogP contribution in [0.5, 0.6) is 0 Å². The van der Waals surface area contributed by atoms with E-state index in [2.05, 4.69) is 6.92 Å². The Morgan fingerprint density at radius 2 is 2.19 bits per heavy atom. The minimum Gasteiger partial charge on any atom is -0.299 e. The standard InChI is InChI=1S/C16H20ClNO3/c1-2-3-11-4-7-16(19)13(8-11)9-12-5-6-14(18(20)21)10-15(12)17/h5-6,10-11,13H,2-4,7-9H2,1H3. The van der Waals surface area contributed by atoms with E-state index in [0.29, 0.717) is 29.6 Å². The maximum absolute atomic E-state index is 12.1. The highest BCUT2D eigenvalue weighted by molar-refractivity contribution is 6.31. The molecule has 21 heavy (non-hydrogen) atoms. The first-order valence-electron chi connectivity index (χ1n) is 7.46. The Morgan fingerprint density at radius 3 is 2.81 bits per heavy atom. The third-order valence-electron chi connectivity index (χ3n) is 4.28. The van der Waals surface area contributed by atoms with Crippen molar-refractivity contribution in [2.75, 3.05) is 0 Å². The fraction of sp³-hybridized carbons (Fsp3) is 0.562. The SMILES string of the molecule is CCCC1CCC(=O)C(Cc2ccc([N+](=O)[O-])cc2Cl)C1. The van der Waals surface area contributed by atoms with E-state index in [1.807, 2.05) is 0 Å². The number of Topliss-reactive ketones (excluding diaryl/α,β-unsaturated/α-hetero) is 1. The first kappa shape index (κ1) is 16.0. The molecule has 2 atom stereocenters. The quantitative estimate of drug-likeness (QED) is 0.591. The summed E-state index contributed by atoms with van der Waals surface area (Å²) in [5.74, 6) is 0.931. The van der Waals surface area contributed by atoms with Crippen molar-refractivity contribution in [1.82, 2.24) is 0 Å². The molecule has 4 nitrogen and oxygen atoms in total. The van der Waals surface area contributed by atoms with E-state index in [1.54, 1.807) is 6.07 Å². The van der Waals surface area contributed by atoms with E-state index in [0.717, 1.165) is 31.2 Å². The summed E-state index contributed by atoms with van der Waals surface area (Å²) in [5.41, 5.74) is 0.820. The predicted octanol–water partition coefficient (Wildman–Crippen LogP) is 4.58. The van der Waals surface area contributed by atoms with Gasteiger partial charge in [-0.15, -0.1) is 0 Å². The summed E-state index contributed by atoms with van der Waals surface area (Å²) in [7, 11) is 0. The van der Waals surface area contributed by atoms with Gasteiger partial charge in [0.05, 0.1) is 9.95 Å². The van der Waals surface area contributed by atoms with E-state index >= 15 is 0 Å². The lowest BCUT2D eigenvalue weighted by Gasteiger charge is -2.28. The van der Waals surface area contributed by atoms with Gasteiger partial charge in [-0.3, -0.25) is 14.9 Å². The zero-order valence-corrected chi connectivity index (χ0v) is 12.9. The number of nitro benzene ring substituents is 1. The summed E-state index contributed by atoms with van der Waals surface area (Å²) in [6, 6.07) is 4.50. The van der Waals surface area contributed by atoms with Crippen LogP contribution in [0.25, 0.3) is 0 Å². The summed E-state index contributed by atoms with van der Waals surface area (Å²) >= 11 is 6.12. The third-order valence-corrected chi connectivity index (χ3v) is 4.63. The molecule has 5 heteroatoms. The van der Waals surface area contributed by atoms with E-state index in [9.17, 15) is 14.9 Å². The Balaban J connectivity index is 2.09. The number of halogens is 1. The summed E-state index contributed by atoms with van der Waals surface area (Å²) in [6.07, 6.45) is 5.47. The molecule has 0 saturated heterocycles. The second-order valence-electron chi connectivity index (χ2n) is 5.83. The summed E-state index contributed by atoms with van der Waals surface area (Å²) < 4.78 is 0. The second kappa shape index (κ2) is 7.03. The molecular formula is C16H20ClNO3. The number of nitrogens with zero attached hydrogens (tertiary/aromatic N) is 1. The highest BCUT2D eigenvalue weighted by atomic mass is 35.5. The van der Waals surface area contributed by atoms with Gasteiger partial charge in [0.1, 0.15) is 5.78 Å². The van der Waals surface area contributed by atoms with Crippen molar-refractivity contribution in [2.24, 2.45) is 11.8 Å². The molecule has 0 aliphatic heterocycles. The average molecular weight is 310 g/mol. The molecule has 0 heterocycles. The molecule has 0 amide bonds. The third kappa shape index (κ3) is 4.03.